The largest absolute Gasteiger partial charge is 0.344 e. The molecule has 1 aliphatic carbocycles. The van der Waals surface area contributed by atoms with Crippen LogP contribution in [-0.2, 0) is 6.42 Å². The van der Waals surface area contributed by atoms with Gasteiger partial charge in [0, 0.05) is 11.6 Å². The minimum absolute atomic E-state index is 0.0816. The SMILES string of the molecule is CCC1CCc2[nH]c([C@H](N)CC)nc21. The zero-order chi connectivity index (χ0) is 10.1. The van der Waals surface area contributed by atoms with Crippen molar-refractivity contribution in [3.05, 3.63) is 17.2 Å². The van der Waals surface area contributed by atoms with Crippen molar-refractivity contribution in [1.29, 1.82) is 0 Å². The minimum Gasteiger partial charge on any atom is -0.344 e. The van der Waals surface area contributed by atoms with Crippen molar-refractivity contribution in [1.82, 2.24) is 9.97 Å². The third kappa shape index (κ3) is 1.46. The van der Waals surface area contributed by atoms with Crippen molar-refractivity contribution >= 4 is 0 Å². The highest BCUT2D eigenvalue weighted by atomic mass is 15.0. The fourth-order valence-electron chi connectivity index (χ4n) is 2.19. The quantitative estimate of drug-likeness (QED) is 0.773. The highest BCUT2D eigenvalue weighted by Crippen LogP contribution is 2.34. The Balaban J connectivity index is 2.25. The first-order chi connectivity index (χ1) is 6.76. The molecule has 1 aromatic rings. The summed E-state index contributed by atoms with van der Waals surface area (Å²) in [6.45, 7) is 4.32. The molecule has 1 unspecified atom stereocenters. The van der Waals surface area contributed by atoms with Gasteiger partial charge in [-0.2, -0.15) is 0 Å². The highest BCUT2D eigenvalue weighted by Gasteiger charge is 2.26. The molecule has 3 heteroatoms. The average molecular weight is 193 g/mol. The fourth-order valence-corrected chi connectivity index (χ4v) is 2.19. The molecule has 2 rings (SSSR count). The van der Waals surface area contributed by atoms with Crippen LogP contribution in [0.25, 0.3) is 0 Å². The van der Waals surface area contributed by atoms with Gasteiger partial charge in [0.15, 0.2) is 0 Å². The molecule has 3 nitrogen and oxygen atoms in total. The molecule has 78 valence electrons. The number of imidazole rings is 1. The van der Waals surface area contributed by atoms with Crippen LogP contribution in [0.15, 0.2) is 0 Å². The van der Waals surface area contributed by atoms with Crippen molar-refractivity contribution in [2.24, 2.45) is 5.73 Å². The zero-order valence-corrected chi connectivity index (χ0v) is 9.01. The Hall–Kier alpha value is -0.830. The molecule has 1 aliphatic rings. The predicted molar refractivity (Wildman–Crippen MR) is 57.2 cm³/mol. The van der Waals surface area contributed by atoms with E-state index < -0.39 is 0 Å². The van der Waals surface area contributed by atoms with E-state index in [4.69, 9.17) is 5.73 Å². The van der Waals surface area contributed by atoms with Crippen molar-refractivity contribution in [3.63, 3.8) is 0 Å². The second-order valence-electron chi connectivity index (χ2n) is 4.14. The van der Waals surface area contributed by atoms with Gasteiger partial charge in [-0.05, 0) is 25.7 Å². The first-order valence-corrected chi connectivity index (χ1v) is 5.60. The number of hydrogen-bond donors (Lipinski definition) is 2. The van der Waals surface area contributed by atoms with Crippen molar-refractivity contribution in [3.8, 4) is 0 Å². The van der Waals surface area contributed by atoms with Gasteiger partial charge in [0.2, 0.25) is 0 Å². The lowest BCUT2D eigenvalue weighted by atomic mass is 10.1. The smallest absolute Gasteiger partial charge is 0.123 e. The highest BCUT2D eigenvalue weighted by molar-refractivity contribution is 5.25. The normalized spacial score (nSPS) is 22.4. The second kappa shape index (κ2) is 3.73. The monoisotopic (exact) mass is 193 g/mol. The molecule has 0 radical (unpaired) electrons. The number of rotatable bonds is 3. The molecule has 3 N–H and O–H groups in total. The molecule has 0 amide bonds. The molecule has 0 aliphatic heterocycles. The molecule has 0 saturated heterocycles. The fraction of sp³-hybridized carbons (Fsp3) is 0.727. The Labute approximate surface area is 85.1 Å². The van der Waals surface area contributed by atoms with E-state index in [-0.39, 0.29) is 6.04 Å². The number of nitrogens with two attached hydrogens (primary N) is 1. The Bertz CT molecular complexity index is 316. The lowest BCUT2D eigenvalue weighted by molar-refractivity contribution is 0.613. The molecule has 14 heavy (non-hydrogen) atoms. The Morgan fingerprint density at radius 1 is 1.57 bits per heavy atom. The van der Waals surface area contributed by atoms with E-state index in [9.17, 15) is 0 Å². The van der Waals surface area contributed by atoms with E-state index in [0.29, 0.717) is 5.92 Å². The van der Waals surface area contributed by atoms with E-state index >= 15 is 0 Å². The van der Waals surface area contributed by atoms with Crippen LogP contribution >= 0.6 is 0 Å². The van der Waals surface area contributed by atoms with Crippen molar-refractivity contribution in [2.45, 2.75) is 51.5 Å². The van der Waals surface area contributed by atoms with E-state index in [1.165, 1.54) is 24.2 Å². The number of hydrogen-bond acceptors (Lipinski definition) is 2. The molecular formula is C11H19N3. The summed E-state index contributed by atoms with van der Waals surface area (Å²) < 4.78 is 0. The summed E-state index contributed by atoms with van der Waals surface area (Å²) in [6, 6.07) is 0.0816. The van der Waals surface area contributed by atoms with Crippen LogP contribution in [0.3, 0.4) is 0 Å². The van der Waals surface area contributed by atoms with Gasteiger partial charge in [-0.1, -0.05) is 13.8 Å². The molecule has 1 heterocycles. The van der Waals surface area contributed by atoms with E-state index in [2.05, 4.69) is 23.8 Å². The maximum atomic E-state index is 5.95. The van der Waals surface area contributed by atoms with Crippen LogP contribution in [0.1, 0.15) is 62.3 Å². The number of nitrogens with zero attached hydrogens (tertiary/aromatic N) is 1. The van der Waals surface area contributed by atoms with Gasteiger partial charge in [0.1, 0.15) is 5.82 Å². The van der Waals surface area contributed by atoms with E-state index in [1.807, 2.05) is 0 Å². The van der Waals surface area contributed by atoms with Crippen LogP contribution in [0, 0.1) is 0 Å². The number of aryl methyl sites for hydroxylation is 1. The van der Waals surface area contributed by atoms with Crippen LogP contribution in [0.4, 0.5) is 0 Å². The maximum Gasteiger partial charge on any atom is 0.123 e. The summed E-state index contributed by atoms with van der Waals surface area (Å²) in [6.07, 6.45) is 4.55. The molecule has 0 aromatic carbocycles. The van der Waals surface area contributed by atoms with Gasteiger partial charge in [0.05, 0.1) is 11.7 Å². The Morgan fingerprint density at radius 2 is 2.36 bits per heavy atom. The van der Waals surface area contributed by atoms with Crippen LogP contribution in [0.2, 0.25) is 0 Å². The van der Waals surface area contributed by atoms with Gasteiger partial charge >= 0.3 is 0 Å². The van der Waals surface area contributed by atoms with Gasteiger partial charge in [-0.15, -0.1) is 0 Å². The van der Waals surface area contributed by atoms with Crippen LogP contribution in [-0.4, -0.2) is 9.97 Å². The minimum atomic E-state index is 0.0816. The van der Waals surface area contributed by atoms with Crippen molar-refractivity contribution in [2.75, 3.05) is 0 Å². The topological polar surface area (TPSA) is 54.7 Å². The number of H-pyrrole nitrogens is 1. The summed E-state index contributed by atoms with van der Waals surface area (Å²) >= 11 is 0. The maximum absolute atomic E-state index is 5.95. The standard InChI is InChI=1S/C11H19N3/c1-3-7-5-6-9-10(7)14-11(13-9)8(12)4-2/h7-8H,3-6,12H2,1-2H3,(H,13,14)/t7?,8-/m1/s1. The third-order valence-corrected chi connectivity index (χ3v) is 3.24. The Morgan fingerprint density at radius 3 is 3.00 bits per heavy atom. The lowest BCUT2D eigenvalue weighted by Crippen LogP contribution is -2.11. The first-order valence-electron chi connectivity index (χ1n) is 5.60. The van der Waals surface area contributed by atoms with Gasteiger partial charge < -0.3 is 10.7 Å². The number of nitrogens with one attached hydrogen (secondary N) is 1. The lowest BCUT2D eigenvalue weighted by Gasteiger charge is -2.06. The number of aromatic nitrogens is 2. The van der Waals surface area contributed by atoms with Crippen LogP contribution in [0.5, 0.6) is 0 Å². The third-order valence-electron chi connectivity index (χ3n) is 3.24. The predicted octanol–water partition coefficient (Wildman–Crippen LogP) is 2.26. The Kier molecular flexibility index (Phi) is 2.59. The summed E-state index contributed by atoms with van der Waals surface area (Å²) in [7, 11) is 0. The zero-order valence-electron chi connectivity index (χ0n) is 9.01. The van der Waals surface area contributed by atoms with Gasteiger partial charge in [-0.25, -0.2) is 4.98 Å². The molecule has 0 fully saturated rings. The molecule has 0 spiro atoms. The van der Waals surface area contributed by atoms with E-state index in [1.54, 1.807) is 0 Å². The molecular weight excluding hydrogens is 174 g/mol. The second-order valence-corrected chi connectivity index (χ2v) is 4.14. The van der Waals surface area contributed by atoms with E-state index in [0.717, 1.165) is 18.7 Å². The van der Waals surface area contributed by atoms with Gasteiger partial charge in [0.25, 0.3) is 0 Å². The molecule has 1 aromatic heterocycles. The summed E-state index contributed by atoms with van der Waals surface area (Å²) in [5.41, 5.74) is 8.56. The molecule has 2 atom stereocenters. The molecule has 0 saturated carbocycles. The van der Waals surface area contributed by atoms with Crippen LogP contribution < -0.4 is 5.73 Å². The van der Waals surface area contributed by atoms with Crippen molar-refractivity contribution < 1.29 is 0 Å². The first kappa shape index (κ1) is 9.71. The average Bonchev–Trinajstić information content (AvgIpc) is 2.74. The number of fused-ring (bicyclic) bond motifs is 1. The number of aromatic amines is 1. The summed E-state index contributed by atoms with van der Waals surface area (Å²) in [4.78, 5) is 8.01. The van der Waals surface area contributed by atoms with Gasteiger partial charge in [-0.3, -0.25) is 0 Å². The summed E-state index contributed by atoms with van der Waals surface area (Å²) in [5.74, 6) is 1.65. The molecule has 0 bridgehead atoms. The summed E-state index contributed by atoms with van der Waals surface area (Å²) in [5, 5.41) is 0.